The maximum Gasteiger partial charge on any atom is 0.232 e. The molecule has 2 bridgehead atoms. The monoisotopic (exact) mass is 325 g/mol. The number of nitrogens with two attached hydrogens (primary N) is 1. The molecule has 4 rings (SSSR count). The maximum atomic E-state index is 5.94. The Kier molecular flexibility index (Phi) is 4.17. The molecule has 0 radical (unpaired) electrons. The van der Waals surface area contributed by atoms with Gasteiger partial charge in [-0.15, -0.1) is 0 Å². The van der Waals surface area contributed by atoms with Gasteiger partial charge >= 0.3 is 0 Å². The van der Waals surface area contributed by atoms with Crippen LogP contribution in [0.2, 0.25) is 0 Å². The Morgan fingerprint density at radius 1 is 1.08 bits per heavy atom. The zero-order chi connectivity index (χ0) is 16.4. The zero-order valence-corrected chi connectivity index (χ0v) is 13.7. The van der Waals surface area contributed by atoms with Crippen LogP contribution >= 0.6 is 0 Å². The molecule has 2 saturated heterocycles. The molecule has 0 aliphatic carbocycles. The summed E-state index contributed by atoms with van der Waals surface area (Å²) in [6, 6.07) is 11.1. The molecule has 1 aromatic carbocycles. The zero-order valence-electron chi connectivity index (χ0n) is 13.7. The van der Waals surface area contributed by atoms with Crippen molar-refractivity contribution in [2.24, 2.45) is 0 Å². The molecule has 7 nitrogen and oxygen atoms in total. The molecule has 0 amide bonds. The Labute approximate surface area is 141 Å². The van der Waals surface area contributed by atoms with Gasteiger partial charge in [-0.2, -0.15) is 15.0 Å². The highest BCUT2D eigenvalue weighted by molar-refractivity contribution is 5.45. The van der Waals surface area contributed by atoms with Gasteiger partial charge < -0.3 is 21.3 Å². The molecule has 2 fully saturated rings. The van der Waals surface area contributed by atoms with Crippen molar-refractivity contribution in [3.8, 4) is 0 Å². The summed E-state index contributed by atoms with van der Waals surface area (Å²) in [7, 11) is 0. The number of aromatic nitrogens is 3. The van der Waals surface area contributed by atoms with Crippen molar-refractivity contribution in [3.63, 3.8) is 0 Å². The van der Waals surface area contributed by atoms with E-state index in [1.54, 1.807) is 0 Å². The maximum absolute atomic E-state index is 5.94. The Bertz CT molecular complexity index is 677. The first-order chi connectivity index (χ1) is 11.8. The SMILES string of the molecule is Nc1nc(NCc2ccccc2)nc(N2[C@H]3CCNC[C@@H]2CC3)n1. The van der Waals surface area contributed by atoms with Crippen LogP contribution in [-0.4, -0.2) is 40.1 Å². The van der Waals surface area contributed by atoms with E-state index >= 15 is 0 Å². The highest BCUT2D eigenvalue weighted by Crippen LogP contribution is 2.31. The Balaban J connectivity index is 1.55. The van der Waals surface area contributed by atoms with Crippen LogP contribution in [0.3, 0.4) is 0 Å². The molecule has 2 aliphatic rings. The second kappa shape index (κ2) is 6.60. The summed E-state index contributed by atoms with van der Waals surface area (Å²) in [6.45, 7) is 2.70. The molecule has 2 aliphatic heterocycles. The lowest BCUT2D eigenvalue weighted by Gasteiger charge is -2.28. The van der Waals surface area contributed by atoms with Gasteiger partial charge in [-0.25, -0.2) is 0 Å². The molecule has 3 heterocycles. The summed E-state index contributed by atoms with van der Waals surface area (Å²) in [5, 5.41) is 6.76. The minimum Gasteiger partial charge on any atom is -0.368 e. The number of benzene rings is 1. The van der Waals surface area contributed by atoms with Crippen molar-refractivity contribution in [1.29, 1.82) is 0 Å². The smallest absolute Gasteiger partial charge is 0.232 e. The number of fused-ring (bicyclic) bond motifs is 2. The standard InChI is InChI=1S/C17H23N7/c18-15-21-16(20-10-12-4-2-1-3-5-12)23-17(22-15)24-13-6-7-14(24)11-19-9-8-13/h1-5,13-14,19H,6-11H2,(H3,18,20,21,22,23)/t13-,14+/m1/s1. The first kappa shape index (κ1) is 15.1. The Morgan fingerprint density at radius 3 is 2.79 bits per heavy atom. The number of anilines is 3. The predicted octanol–water partition coefficient (Wildman–Crippen LogP) is 1.40. The molecule has 0 spiro atoms. The average molecular weight is 325 g/mol. The number of nitrogens with one attached hydrogen (secondary N) is 2. The predicted molar refractivity (Wildman–Crippen MR) is 94.8 cm³/mol. The van der Waals surface area contributed by atoms with Crippen LogP contribution in [0.15, 0.2) is 30.3 Å². The lowest BCUT2D eigenvalue weighted by atomic mass is 10.1. The molecule has 4 N–H and O–H groups in total. The summed E-state index contributed by atoms with van der Waals surface area (Å²) < 4.78 is 0. The summed E-state index contributed by atoms with van der Waals surface area (Å²) in [5.74, 6) is 1.51. The first-order valence-corrected chi connectivity index (χ1v) is 8.58. The summed E-state index contributed by atoms with van der Waals surface area (Å²) >= 11 is 0. The van der Waals surface area contributed by atoms with Crippen LogP contribution < -0.4 is 21.3 Å². The topological polar surface area (TPSA) is 92.0 Å². The van der Waals surface area contributed by atoms with Gasteiger partial charge in [0, 0.05) is 25.2 Å². The Morgan fingerprint density at radius 2 is 1.92 bits per heavy atom. The number of nitrogens with zero attached hydrogens (tertiary/aromatic N) is 4. The number of rotatable bonds is 4. The third-order valence-corrected chi connectivity index (χ3v) is 4.82. The summed E-state index contributed by atoms with van der Waals surface area (Å²) in [4.78, 5) is 15.6. The van der Waals surface area contributed by atoms with Gasteiger partial charge in [0.1, 0.15) is 0 Å². The fourth-order valence-corrected chi connectivity index (χ4v) is 3.66. The van der Waals surface area contributed by atoms with Crippen molar-refractivity contribution in [2.75, 3.05) is 29.0 Å². The van der Waals surface area contributed by atoms with Crippen molar-refractivity contribution < 1.29 is 0 Å². The van der Waals surface area contributed by atoms with E-state index in [1.807, 2.05) is 18.2 Å². The molecule has 126 valence electrons. The molecular weight excluding hydrogens is 302 g/mol. The molecule has 24 heavy (non-hydrogen) atoms. The highest BCUT2D eigenvalue weighted by Gasteiger charge is 2.36. The third kappa shape index (κ3) is 3.12. The van der Waals surface area contributed by atoms with Gasteiger partial charge in [0.15, 0.2) is 0 Å². The number of hydrogen-bond acceptors (Lipinski definition) is 7. The van der Waals surface area contributed by atoms with Crippen LogP contribution in [0, 0.1) is 0 Å². The van der Waals surface area contributed by atoms with E-state index in [0.717, 1.165) is 19.5 Å². The van der Waals surface area contributed by atoms with Crippen molar-refractivity contribution in [2.45, 2.75) is 37.9 Å². The lowest BCUT2D eigenvalue weighted by molar-refractivity contribution is 0.567. The van der Waals surface area contributed by atoms with Gasteiger partial charge in [0.2, 0.25) is 17.8 Å². The van der Waals surface area contributed by atoms with Gasteiger partial charge in [-0.3, -0.25) is 0 Å². The lowest BCUT2D eigenvalue weighted by Crippen LogP contribution is -2.39. The van der Waals surface area contributed by atoms with E-state index in [0.29, 0.717) is 30.5 Å². The van der Waals surface area contributed by atoms with Crippen LogP contribution in [0.4, 0.5) is 17.8 Å². The molecular formula is C17H23N7. The fraction of sp³-hybridized carbons (Fsp3) is 0.471. The molecule has 2 atom stereocenters. The van der Waals surface area contributed by atoms with Crippen LogP contribution in [0.25, 0.3) is 0 Å². The number of hydrogen-bond donors (Lipinski definition) is 3. The average Bonchev–Trinajstić information content (AvgIpc) is 2.86. The van der Waals surface area contributed by atoms with Gasteiger partial charge in [-0.1, -0.05) is 30.3 Å². The quantitative estimate of drug-likeness (QED) is 0.782. The van der Waals surface area contributed by atoms with Gasteiger partial charge in [0.05, 0.1) is 0 Å². The second-order valence-electron chi connectivity index (χ2n) is 6.44. The Hall–Kier alpha value is -2.41. The minimum atomic E-state index is 0.271. The first-order valence-electron chi connectivity index (χ1n) is 8.58. The molecule has 7 heteroatoms. The van der Waals surface area contributed by atoms with Crippen molar-refractivity contribution >= 4 is 17.8 Å². The van der Waals surface area contributed by atoms with Crippen LogP contribution in [0.5, 0.6) is 0 Å². The highest BCUT2D eigenvalue weighted by atomic mass is 15.4. The van der Waals surface area contributed by atoms with Crippen LogP contribution in [-0.2, 0) is 6.54 Å². The number of nitrogen functional groups attached to an aromatic ring is 1. The summed E-state index contributed by atoms with van der Waals surface area (Å²) in [6.07, 6.45) is 3.50. The van der Waals surface area contributed by atoms with E-state index in [9.17, 15) is 0 Å². The van der Waals surface area contributed by atoms with Crippen LogP contribution in [0.1, 0.15) is 24.8 Å². The van der Waals surface area contributed by atoms with E-state index in [4.69, 9.17) is 5.73 Å². The molecule has 0 saturated carbocycles. The molecule has 1 aromatic heterocycles. The largest absolute Gasteiger partial charge is 0.368 e. The fourth-order valence-electron chi connectivity index (χ4n) is 3.66. The van der Waals surface area contributed by atoms with Crippen molar-refractivity contribution in [1.82, 2.24) is 20.3 Å². The van der Waals surface area contributed by atoms with Gasteiger partial charge in [-0.05, 0) is 31.4 Å². The second-order valence-corrected chi connectivity index (χ2v) is 6.44. The normalized spacial score (nSPS) is 23.1. The van der Waals surface area contributed by atoms with E-state index in [-0.39, 0.29) is 5.95 Å². The molecule has 0 unspecified atom stereocenters. The van der Waals surface area contributed by atoms with E-state index in [1.165, 1.54) is 18.4 Å². The summed E-state index contributed by atoms with van der Waals surface area (Å²) in [5.41, 5.74) is 7.12. The van der Waals surface area contributed by atoms with E-state index < -0.39 is 0 Å². The van der Waals surface area contributed by atoms with E-state index in [2.05, 4.69) is 42.6 Å². The minimum absolute atomic E-state index is 0.271. The third-order valence-electron chi connectivity index (χ3n) is 4.82. The molecule has 2 aromatic rings. The van der Waals surface area contributed by atoms with Crippen molar-refractivity contribution in [3.05, 3.63) is 35.9 Å². The van der Waals surface area contributed by atoms with Gasteiger partial charge in [0.25, 0.3) is 0 Å².